The van der Waals surface area contributed by atoms with E-state index in [4.69, 9.17) is 5.73 Å². The van der Waals surface area contributed by atoms with Gasteiger partial charge >= 0.3 is 0 Å². The maximum atomic E-state index is 11.3. The van der Waals surface area contributed by atoms with Crippen LogP contribution in [0.1, 0.15) is 37.2 Å². The van der Waals surface area contributed by atoms with E-state index >= 15 is 0 Å². The molecule has 20 heavy (non-hydrogen) atoms. The fraction of sp³-hybridized carbons (Fsp3) is 0.600. The van der Waals surface area contributed by atoms with Crippen molar-refractivity contribution in [3.8, 4) is 0 Å². The van der Waals surface area contributed by atoms with Crippen LogP contribution in [0, 0.1) is 5.92 Å². The van der Waals surface area contributed by atoms with Gasteiger partial charge in [-0.3, -0.25) is 4.79 Å². The fourth-order valence-corrected chi connectivity index (χ4v) is 2.62. The lowest BCUT2D eigenvalue weighted by Crippen LogP contribution is -2.40. The SMILES string of the molecule is CC(C)CN(CC1CCCN1)c1cccc(C(N)=O)n1. The lowest BCUT2D eigenvalue weighted by atomic mass is 10.1. The van der Waals surface area contributed by atoms with Crippen molar-refractivity contribution in [2.75, 3.05) is 24.5 Å². The highest BCUT2D eigenvalue weighted by Gasteiger charge is 2.20. The summed E-state index contributed by atoms with van der Waals surface area (Å²) in [7, 11) is 0. The molecule has 0 radical (unpaired) electrons. The van der Waals surface area contributed by atoms with Gasteiger partial charge in [-0.1, -0.05) is 19.9 Å². The third-order valence-corrected chi connectivity index (χ3v) is 3.50. The topological polar surface area (TPSA) is 71.2 Å². The van der Waals surface area contributed by atoms with E-state index < -0.39 is 5.91 Å². The molecule has 1 aliphatic rings. The summed E-state index contributed by atoms with van der Waals surface area (Å²) in [6.45, 7) is 7.32. The molecule has 0 bridgehead atoms. The van der Waals surface area contributed by atoms with Crippen molar-refractivity contribution in [2.24, 2.45) is 11.7 Å². The molecule has 2 rings (SSSR count). The molecular weight excluding hydrogens is 252 g/mol. The Hall–Kier alpha value is -1.62. The summed E-state index contributed by atoms with van der Waals surface area (Å²) in [5.41, 5.74) is 5.64. The number of nitrogens with zero attached hydrogens (tertiary/aromatic N) is 2. The van der Waals surface area contributed by atoms with E-state index in [-0.39, 0.29) is 0 Å². The largest absolute Gasteiger partial charge is 0.364 e. The molecule has 1 fully saturated rings. The first-order chi connectivity index (χ1) is 9.56. The number of nitrogens with one attached hydrogen (secondary N) is 1. The van der Waals surface area contributed by atoms with Gasteiger partial charge in [0, 0.05) is 19.1 Å². The number of pyridine rings is 1. The Kier molecular flexibility index (Phi) is 4.95. The second-order valence-corrected chi connectivity index (χ2v) is 5.84. The van der Waals surface area contributed by atoms with E-state index in [0.717, 1.165) is 25.5 Å². The molecule has 1 aromatic rings. The van der Waals surface area contributed by atoms with Gasteiger partial charge in [0.25, 0.3) is 5.91 Å². The number of primary amides is 1. The molecule has 0 spiro atoms. The second-order valence-electron chi connectivity index (χ2n) is 5.84. The van der Waals surface area contributed by atoms with Crippen LogP contribution in [0.15, 0.2) is 18.2 Å². The lowest BCUT2D eigenvalue weighted by Gasteiger charge is -2.28. The van der Waals surface area contributed by atoms with E-state index in [1.54, 1.807) is 6.07 Å². The minimum absolute atomic E-state index is 0.329. The van der Waals surface area contributed by atoms with Crippen molar-refractivity contribution in [1.82, 2.24) is 10.3 Å². The summed E-state index contributed by atoms with van der Waals surface area (Å²) < 4.78 is 0. The zero-order valence-corrected chi connectivity index (χ0v) is 12.3. The lowest BCUT2D eigenvalue weighted by molar-refractivity contribution is 0.0995. The number of hydrogen-bond acceptors (Lipinski definition) is 4. The fourth-order valence-electron chi connectivity index (χ4n) is 2.62. The van der Waals surface area contributed by atoms with Gasteiger partial charge < -0.3 is 16.0 Å². The van der Waals surface area contributed by atoms with Crippen molar-refractivity contribution in [3.63, 3.8) is 0 Å². The first-order valence-corrected chi connectivity index (χ1v) is 7.31. The molecule has 1 aliphatic heterocycles. The monoisotopic (exact) mass is 276 g/mol. The van der Waals surface area contributed by atoms with Crippen molar-refractivity contribution in [1.29, 1.82) is 0 Å². The highest BCUT2D eigenvalue weighted by atomic mass is 16.1. The number of carbonyl (C=O) groups is 1. The predicted octanol–water partition coefficient (Wildman–Crippen LogP) is 1.39. The average molecular weight is 276 g/mol. The second kappa shape index (κ2) is 6.70. The van der Waals surface area contributed by atoms with Crippen LogP contribution in [0.5, 0.6) is 0 Å². The van der Waals surface area contributed by atoms with E-state index in [9.17, 15) is 4.79 Å². The van der Waals surface area contributed by atoms with Gasteiger partial charge in [-0.15, -0.1) is 0 Å². The molecular formula is C15H24N4O. The van der Waals surface area contributed by atoms with Crippen molar-refractivity contribution in [3.05, 3.63) is 23.9 Å². The normalized spacial score (nSPS) is 18.4. The number of rotatable bonds is 6. The maximum Gasteiger partial charge on any atom is 0.267 e. The van der Waals surface area contributed by atoms with Gasteiger partial charge in [0.05, 0.1) is 0 Å². The number of aromatic nitrogens is 1. The standard InChI is InChI=1S/C15H24N4O/c1-11(2)9-19(10-12-5-4-8-17-12)14-7-3-6-13(18-14)15(16)20/h3,6-7,11-12,17H,4-5,8-10H2,1-2H3,(H2,16,20). The molecule has 1 atom stereocenters. The molecule has 2 heterocycles. The number of nitrogens with two attached hydrogens (primary N) is 1. The molecule has 3 N–H and O–H groups in total. The summed E-state index contributed by atoms with van der Waals surface area (Å²) in [4.78, 5) is 17.9. The summed E-state index contributed by atoms with van der Waals surface area (Å²) >= 11 is 0. The quantitative estimate of drug-likeness (QED) is 0.824. The molecule has 5 nitrogen and oxygen atoms in total. The number of carbonyl (C=O) groups excluding carboxylic acids is 1. The van der Waals surface area contributed by atoms with Gasteiger partial charge in [0.2, 0.25) is 0 Å². The maximum absolute atomic E-state index is 11.3. The third kappa shape index (κ3) is 3.93. The highest BCUT2D eigenvalue weighted by Crippen LogP contribution is 2.16. The molecule has 5 heteroatoms. The molecule has 0 aliphatic carbocycles. The Morgan fingerprint density at radius 2 is 2.35 bits per heavy atom. The van der Waals surface area contributed by atoms with Crippen LogP contribution in [0.3, 0.4) is 0 Å². The number of hydrogen-bond donors (Lipinski definition) is 2. The van der Waals surface area contributed by atoms with Gasteiger partial charge in [-0.2, -0.15) is 0 Å². The van der Waals surface area contributed by atoms with Crippen LogP contribution >= 0.6 is 0 Å². The van der Waals surface area contributed by atoms with Crippen molar-refractivity contribution in [2.45, 2.75) is 32.7 Å². The summed E-state index contributed by atoms with van der Waals surface area (Å²) in [5.74, 6) is 0.898. The zero-order chi connectivity index (χ0) is 14.5. The van der Waals surface area contributed by atoms with E-state index in [2.05, 4.69) is 29.0 Å². The Morgan fingerprint density at radius 3 is 2.95 bits per heavy atom. The molecule has 1 aromatic heterocycles. The molecule has 110 valence electrons. The van der Waals surface area contributed by atoms with Gasteiger partial charge in [-0.05, 0) is 37.4 Å². The number of anilines is 1. The van der Waals surface area contributed by atoms with Gasteiger partial charge in [0.15, 0.2) is 0 Å². The Morgan fingerprint density at radius 1 is 1.55 bits per heavy atom. The van der Waals surface area contributed by atoms with E-state index in [1.165, 1.54) is 12.8 Å². The van der Waals surface area contributed by atoms with Crippen LogP contribution in [-0.4, -0.2) is 36.6 Å². The van der Waals surface area contributed by atoms with Crippen LogP contribution in [-0.2, 0) is 0 Å². The minimum atomic E-state index is -0.477. The minimum Gasteiger partial charge on any atom is -0.364 e. The van der Waals surface area contributed by atoms with E-state index in [0.29, 0.717) is 17.7 Å². The van der Waals surface area contributed by atoms with Crippen LogP contribution in [0.2, 0.25) is 0 Å². The van der Waals surface area contributed by atoms with Gasteiger partial charge in [0.1, 0.15) is 11.5 Å². The summed E-state index contributed by atoms with van der Waals surface area (Å²) in [6.07, 6.45) is 2.43. The highest BCUT2D eigenvalue weighted by molar-refractivity contribution is 5.91. The zero-order valence-electron chi connectivity index (χ0n) is 12.3. The first kappa shape index (κ1) is 14.8. The van der Waals surface area contributed by atoms with Crippen molar-refractivity contribution >= 4 is 11.7 Å². The Bertz CT molecular complexity index is 455. The van der Waals surface area contributed by atoms with Crippen molar-refractivity contribution < 1.29 is 4.79 Å². The molecule has 1 saturated heterocycles. The van der Waals surface area contributed by atoms with E-state index in [1.807, 2.05) is 12.1 Å². The molecule has 0 aromatic carbocycles. The van der Waals surface area contributed by atoms with Crippen LogP contribution < -0.4 is 16.0 Å². The smallest absolute Gasteiger partial charge is 0.267 e. The van der Waals surface area contributed by atoms with Gasteiger partial charge in [-0.25, -0.2) is 4.98 Å². The Labute approximate surface area is 120 Å². The number of amides is 1. The average Bonchev–Trinajstić information content (AvgIpc) is 2.90. The Balaban J connectivity index is 2.15. The van der Waals surface area contributed by atoms with Crippen LogP contribution in [0.25, 0.3) is 0 Å². The molecule has 1 unspecified atom stereocenters. The first-order valence-electron chi connectivity index (χ1n) is 7.31. The third-order valence-electron chi connectivity index (χ3n) is 3.50. The summed E-state index contributed by atoms with van der Waals surface area (Å²) in [5, 5.41) is 3.51. The molecule has 1 amide bonds. The van der Waals surface area contributed by atoms with Crippen LogP contribution in [0.4, 0.5) is 5.82 Å². The molecule has 0 saturated carbocycles. The predicted molar refractivity (Wildman–Crippen MR) is 80.8 cm³/mol. The summed E-state index contributed by atoms with van der Waals surface area (Å²) in [6, 6.07) is 5.96.